The third-order valence-electron chi connectivity index (χ3n) is 4.46. The minimum Gasteiger partial charge on any atom is -0.321 e. The van der Waals surface area contributed by atoms with Crippen LogP contribution < -0.4 is 5.32 Å². The molecule has 2 aromatic carbocycles. The van der Waals surface area contributed by atoms with Crippen LogP contribution in [0.2, 0.25) is 0 Å². The van der Waals surface area contributed by atoms with Gasteiger partial charge in [-0.05, 0) is 81.0 Å². The molecule has 0 atom stereocenters. The van der Waals surface area contributed by atoms with Gasteiger partial charge in [-0.15, -0.1) is 0 Å². The van der Waals surface area contributed by atoms with Crippen molar-refractivity contribution >= 4 is 17.7 Å². The van der Waals surface area contributed by atoms with Gasteiger partial charge in [-0.2, -0.15) is 5.26 Å². The van der Waals surface area contributed by atoms with Crippen LogP contribution in [0.15, 0.2) is 29.8 Å². The number of carbonyl (C=O) groups is 1. The number of benzene rings is 2. The summed E-state index contributed by atoms with van der Waals surface area (Å²) in [5.74, 6) is -0.379. The molecule has 25 heavy (non-hydrogen) atoms. The highest BCUT2D eigenvalue weighted by molar-refractivity contribution is 6.10. The Morgan fingerprint density at radius 2 is 1.44 bits per heavy atom. The second kappa shape index (κ2) is 7.36. The number of nitrogens with zero attached hydrogens (tertiary/aromatic N) is 1. The molecule has 0 aliphatic rings. The Morgan fingerprint density at radius 1 is 0.880 bits per heavy atom. The highest BCUT2D eigenvalue weighted by Gasteiger charge is 2.13. The van der Waals surface area contributed by atoms with Crippen LogP contribution in [0, 0.1) is 52.9 Å². The number of nitriles is 1. The van der Waals surface area contributed by atoms with Crippen molar-refractivity contribution in [2.75, 3.05) is 5.32 Å². The molecule has 1 amide bonds. The van der Waals surface area contributed by atoms with E-state index in [1.165, 1.54) is 5.56 Å². The molecule has 2 aromatic rings. The quantitative estimate of drug-likeness (QED) is 0.629. The van der Waals surface area contributed by atoms with E-state index in [0.717, 1.165) is 39.1 Å². The van der Waals surface area contributed by atoms with Crippen LogP contribution in [0.1, 0.15) is 38.9 Å². The molecule has 0 fully saturated rings. The van der Waals surface area contributed by atoms with E-state index in [1.54, 1.807) is 6.08 Å². The summed E-state index contributed by atoms with van der Waals surface area (Å²) in [7, 11) is 0. The number of hydrogen-bond acceptors (Lipinski definition) is 2. The molecular weight excluding hydrogens is 308 g/mol. The first kappa shape index (κ1) is 18.5. The van der Waals surface area contributed by atoms with Gasteiger partial charge in [0.05, 0.1) is 0 Å². The van der Waals surface area contributed by atoms with E-state index >= 15 is 0 Å². The fourth-order valence-corrected chi connectivity index (χ4v) is 3.00. The first-order valence-corrected chi connectivity index (χ1v) is 8.31. The van der Waals surface area contributed by atoms with Gasteiger partial charge in [0.15, 0.2) is 0 Å². The predicted molar refractivity (Wildman–Crippen MR) is 104 cm³/mol. The summed E-state index contributed by atoms with van der Waals surface area (Å²) in [6.45, 7) is 12.0. The maximum atomic E-state index is 12.6. The van der Waals surface area contributed by atoms with Gasteiger partial charge in [0.2, 0.25) is 0 Å². The van der Waals surface area contributed by atoms with E-state index < -0.39 is 0 Å². The zero-order chi connectivity index (χ0) is 18.7. The van der Waals surface area contributed by atoms with Gasteiger partial charge in [0.25, 0.3) is 5.91 Å². The van der Waals surface area contributed by atoms with Crippen LogP contribution in [0.5, 0.6) is 0 Å². The van der Waals surface area contributed by atoms with Gasteiger partial charge >= 0.3 is 0 Å². The summed E-state index contributed by atoms with van der Waals surface area (Å²) in [5.41, 5.74) is 8.28. The molecule has 0 saturated heterocycles. The molecule has 128 valence electrons. The van der Waals surface area contributed by atoms with Crippen LogP contribution in [0.25, 0.3) is 6.08 Å². The lowest BCUT2D eigenvalue weighted by atomic mass is 9.99. The molecule has 0 bridgehead atoms. The van der Waals surface area contributed by atoms with Gasteiger partial charge < -0.3 is 5.32 Å². The maximum absolute atomic E-state index is 12.6. The van der Waals surface area contributed by atoms with E-state index in [1.807, 2.05) is 58.9 Å². The number of amides is 1. The fraction of sp³-hybridized carbons (Fsp3) is 0.273. The third-order valence-corrected chi connectivity index (χ3v) is 4.46. The van der Waals surface area contributed by atoms with E-state index in [4.69, 9.17) is 0 Å². The lowest BCUT2D eigenvalue weighted by Gasteiger charge is -2.13. The van der Waals surface area contributed by atoms with E-state index in [-0.39, 0.29) is 11.5 Å². The SMILES string of the molecule is Cc1cc(C)c(NC(=O)/C(C#N)=C/c2cc(C)c(C)cc2C)c(C)c1. The van der Waals surface area contributed by atoms with Crippen molar-refractivity contribution in [1.29, 1.82) is 5.26 Å². The van der Waals surface area contributed by atoms with E-state index in [9.17, 15) is 10.1 Å². The van der Waals surface area contributed by atoms with Crippen LogP contribution >= 0.6 is 0 Å². The number of rotatable bonds is 3. The standard InChI is InChI=1S/C22H24N2O/c1-13-7-17(5)21(18(6)8-13)24-22(25)20(12-23)11-19-10-15(3)14(2)9-16(19)4/h7-11H,1-6H3,(H,24,25)/b20-11+. The number of anilines is 1. The van der Waals surface area contributed by atoms with Crippen molar-refractivity contribution in [3.8, 4) is 6.07 Å². The van der Waals surface area contributed by atoms with Gasteiger partial charge in [0.1, 0.15) is 11.6 Å². The van der Waals surface area contributed by atoms with Crippen molar-refractivity contribution in [1.82, 2.24) is 0 Å². The summed E-state index contributed by atoms with van der Waals surface area (Å²) < 4.78 is 0. The molecule has 0 spiro atoms. The number of hydrogen-bond donors (Lipinski definition) is 1. The zero-order valence-electron chi connectivity index (χ0n) is 15.7. The average molecular weight is 332 g/mol. The Labute approximate surface area is 150 Å². The van der Waals surface area contributed by atoms with E-state index in [0.29, 0.717) is 0 Å². The first-order valence-electron chi connectivity index (χ1n) is 8.31. The molecule has 0 heterocycles. The summed E-state index contributed by atoms with van der Waals surface area (Å²) in [6, 6.07) is 10.2. The number of aryl methyl sites for hydroxylation is 6. The molecule has 0 aliphatic heterocycles. The lowest BCUT2D eigenvalue weighted by Crippen LogP contribution is -2.15. The van der Waals surface area contributed by atoms with Crippen molar-refractivity contribution < 1.29 is 4.79 Å². The highest BCUT2D eigenvalue weighted by Crippen LogP contribution is 2.23. The molecule has 0 saturated carbocycles. The Balaban J connectivity index is 2.37. The molecular formula is C22H24N2O. The Kier molecular flexibility index (Phi) is 5.44. The molecule has 1 N–H and O–H groups in total. The molecule has 0 unspecified atom stereocenters. The first-order chi connectivity index (χ1) is 11.7. The van der Waals surface area contributed by atoms with Crippen LogP contribution in [0.3, 0.4) is 0 Å². The molecule has 3 heteroatoms. The third kappa shape index (κ3) is 4.16. The smallest absolute Gasteiger partial charge is 0.266 e. The fourth-order valence-electron chi connectivity index (χ4n) is 3.00. The number of carbonyl (C=O) groups excluding carboxylic acids is 1. The van der Waals surface area contributed by atoms with Gasteiger partial charge in [-0.1, -0.05) is 29.8 Å². The van der Waals surface area contributed by atoms with Crippen LogP contribution in [-0.4, -0.2) is 5.91 Å². The Morgan fingerprint density at radius 3 is 2.00 bits per heavy atom. The van der Waals surface area contributed by atoms with Gasteiger partial charge in [-0.25, -0.2) is 0 Å². The second-order valence-electron chi connectivity index (χ2n) is 6.69. The molecule has 0 radical (unpaired) electrons. The van der Waals surface area contributed by atoms with Crippen molar-refractivity contribution in [2.24, 2.45) is 0 Å². The predicted octanol–water partition coefficient (Wildman–Crippen LogP) is 5.08. The van der Waals surface area contributed by atoms with Crippen molar-refractivity contribution in [3.63, 3.8) is 0 Å². The highest BCUT2D eigenvalue weighted by atomic mass is 16.1. The minimum atomic E-state index is -0.379. The monoisotopic (exact) mass is 332 g/mol. The topological polar surface area (TPSA) is 52.9 Å². The van der Waals surface area contributed by atoms with Gasteiger partial charge in [-0.3, -0.25) is 4.79 Å². The largest absolute Gasteiger partial charge is 0.321 e. The molecule has 3 nitrogen and oxygen atoms in total. The lowest BCUT2D eigenvalue weighted by molar-refractivity contribution is -0.112. The Hall–Kier alpha value is -2.86. The maximum Gasteiger partial charge on any atom is 0.266 e. The summed E-state index contributed by atoms with van der Waals surface area (Å²) in [5, 5.41) is 12.3. The van der Waals surface area contributed by atoms with Crippen molar-refractivity contribution in [3.05, 3.63) is 68.8 Å². The minimum absolute atomic E-state index is 0.103. The van der Waals surface area contributed by atoms with E-state index in [2.05, 4.69) is 18.3 Å². The van der Waals surface area contributed by atoms with Crippen LogP contribution in [0.4, 0.5) is 5.69 Å². The van der Waals surface area contributed by atoms with Crippen LogP contribution in [-0.2, 0) is 4.79 Å². The van der Waals surface area contributed by atoms with Crippen molar-refractivity contribution in [2.45, 2.75) is 41.5 Å². The summed E-state index contributed by atoms with van der Waals surface area (Å²) in [4.78, 5) is 12.6. The number of nitrogens with one attached hydrogen (secondary N) is 1. The molecule has 0 aliphatic carbocycles. The average Bonchev–Trinajstić information content (AvgIpc) is 2.52. The molecule has 2 rings (SSSR count). The normalized spacial score (nSPS) is 11.2. The Bertz CT molecular complexity index is 891. The second-order valence-corrected chi connectivity index (χ2v) is 6.69. The van der Waals surface area contributed by atoms with Gasteiger partial charge in [0, 0.05) is 5.69 Å². The summed E-state index contributed by atoms with van der Waals surface area (Å²) in [6.07, 6.45) is 1.66. The summed E-state index contributed by atoms with van der Waals surface area (Å²) >= 11 is 0. The zero-order valence-corrected chi connectivity index (χ0v) is 15.7. The molecule has 0 aromatic heterocycles.